The van der Waals surface area contributed by atoms with Gasteiger partial charge in [-0.25, -0.2) is 8.42 Å². The number of ether oxygens (including phenoxy) is 2. The number of carbonyl (C=O) groups excluding carboxylic acids is 1. The zero-order chi connectivity index (χ0) is 20.9. The number of likely N-dealkylation sites (N-methyl/N-ethyl adjacent to an activating group) is 1. The summed E-state index contributed by atoms with van der Waals surface area (Å²) in [5.74, 6) is 0.984. The number of amides is 1. The normalized spacial score (nSPS) is 19.3. The third-order valence-electron chi connectivity index (χ3n) is 4.75. The number of rotatable bonds is 9. The summed E-state index contributed by atoms with van der Waals surface area (Å²) < 4.78 is 38.0. The lowest BCUT2D eigenvalue weighted by Gasteiger charge is -2.24. The molecule has 29 heavy (non-hydrogen) atoms. The fraction of sp³-hybridized carbons (Fsp3) is 0.450. The number of hydrogen-bond donors (Lipinski definition) is 1. The monoisotopic (exact) mass is 438 g/mol. The molecule has 0 bridgehead atoms. The van der Waals surface area contributed by atoms with Crippen molar-refractivity contribution >= 4 is 27.3 Å². The molecule has 1 saturated carbocycles. The summed E-state index contributed by atoms with van der Waals surface area (Å²) in [7, 11) is -2.24. The molecule has 7 nitrogen and oxygen atoms in total. The first-order valence-corrected chi connectivity index (χ1v) is 11.9. The Labute approximate surface area is 175 Å². The molecule has 0 saturated heterocycles. The van der Waals surface area contributed by atoms with Crippen LogP contribution in [0.2, 0.25) is 0 Å². The van der Waals surface area contributed by atoms with Crippen LogP contribution in [-0.2, 0) is 14.8 Å². The lowest BCUT2D eigenvalue weighted by molar-refractivity contribution is -0.122. The van der Waals surface area contributed by atoms with E-state index in [4.69, 9.17) is 9.47 Å². The molecule has 1 N–H and O–H groups in total. The van der Waals surface area contributed by atoms with E-state index >= 15 is 0 Å². The molecule has 0 spiro atoms. The molecule has 3 rings (SSSR count). The highest BCUT2D eigenvalue weighted by molar-refractivity contribution is 7.91. The quantitative estimate of drug-likeness (QED) is 0.651. The van der Waals surface area contributed by atoms with Crippen LogP contribution in [0.3, 0.4) is 0 Å². The first kappa shape index (κ1) is 21.6. The van der Waals surface area contributed by atoms with E-state index in [1.54, 1.807) is 11.4 Å². The van der Waals surface area contributed by atoms with Crippen molar-refractivity contribution in [2.75, 3.05) is 20.2 Å². The van der Waals surface area contributed by atoms with Gasteiger partial charge in [0.05, 0.1) is 19.2 Å². The first-order chi connectivity index (χ1) is 13.9. The Morgan fingerprint density at radius 3 is 2.66 bits per heavy atom. The summed E-state index contributed by atoms with van der Waals surface area (Å²) in [4.78, 5) is 12.5. The van der Waals surface area contributed by atoms with Crippen LogP contribution in [-0.4, -0.2) is 51.0 Å². The maximum Gasteiger partial charge on any atom is 0.252 e. The van der Waals surface area contributed by atoms with Crippen LogP contribution < -0.4 is 14.8 Å². The summed E-state index contributed by atoms with van der Waals surface area (Å²) in [6.07, 6.45) is 2.35. The SMILES string of the molecule is CCOc1ccccc1O[C@@H]1CCC[C@H]1NC(=O)CN(C)S(=O)(=O)c1cccs1. The van der Waals surface area contributed by atoms with Crippen molar-refractivity contribution in [1.29, 1.82) is 0 Å². The molecule has 158 valence electrons. The van der Waals surface area contributed by atoms with Crippen LogP contribution >= 0.6 is 11.3 Å². The number of thiophene rings is 1. The van der Waals surface area contributed by atoms with Gasteiger partial charge in [0.2, 0.25) is 5.91 Å². The Hall–Kier alpha value is -2.10. The molecular weight excluding hydrogens is 412 g/mol. The van der Waals surface area contributed by atoms with E-state index in [0.717, 1.165) is 34.9 Å². The highest BCUT2D eigenvalue weighted by Gasteiger charge is 2.32. The number of para-hydroxylation sites is 2. The largest absolute Gasteiger partial charge is 0.490 e. The molecule has 0 aliphatic heterocycles. The smallest absolute Gasteiger partial charge is 0.252 e. The van der Waals surface area contributed by atoms with Crippen molar-refractivity contribution in [3.05, 3.63) is 41.8 Å². The van der Waals surface area contributed by atoms with Crippen molar-refractivity contribution in [1.82, 2.24) is 9.62 Å². The number of hydrogen-bond acceptors (Lipinski definition) is 6. The lowest BCUT2D eigenvalue weighted by Crippen LogP contribution is -2.46. The van der Waals surface area contributed by atoms with Crippen LogP contribution in [0.4, 0.5) is 0 Å². The van der Waals surface area contributed by atoms with Gasteiger partial charge in [-0.15, -0.1) is 11.3 Å². The Morgan fingerprint density at radius 2 is 1.97 bits per heavy atom. The summed E-state index contributed by atoms with van der Waals surface area (Å²) in [6, 6.07) is 10.5. The number of nitrogens with one attached hydrogen (secondary N) is 1. The number of nitrogens with zero attached hydrogens (tertiary/aromatic N) is 1. The second-order valence-electron chi connectivity index (χ2n) is 6.83. The van der Waals surface area contributed by atoms with Crippen molar-refractivity contribution in [2.24, 2.45) is 0 Å². The highest BCUT2D eigenvalue weighted by Crippen LogP contribution is 2.31. The number of benzene rings is 1. The molecule has 2 atom stereocenters. The molecule has 1 amide bonds. The minimum atomic E-state index is -3.66. The standard InChI is InChI=1S/C20H26N2O5S2/c1-3-26-17-9-4-5-10-18(17)27-16-11-6-8-15(16)21-19(23)14-22(2)29(24,25)20-12-7-13-28-20/h4-5,7,9-10,12-13,15-16H,3,6,8,11,14H2,1-2H3,(H,21,23)/t15-,16-/m1/s1. The maximum absolute atomic E-state index is 12.5. The van der Waals surface area contributed by atoms with Crippen LogP contribution in [0.25, 0.3) is 0 Å². The Balaban J connectivity index is 1.60. The highest BCUT2D eigenvalue weighted by atomic mass is 32.2. The predicted octanol–water partition coefficient (Wildman–Crippen LogP) is 2.88. The molecule has 0 unspecified atom stereocenters. The third-order valence-corrected chi connectivity index (χ3v) is 7.93. The van der Waals surface area contributed by atoms with Crippen LogP contribution in [0.15, 0.2) is 46.0 Å². The molecule has 1 aromatic carbocycles. The molecule has 1 aromatic heterocycles. The van der Waals surface area contributed by atoms with Crippen molar-refractivity contribution in [3.8, 4) is 11.5 Å². The third kappa shape index (κ3) is 5.29. The van der Waals surface area contributed by atoms with E-state index in [-0.39, 0.29) is 28.8 Å². The van der Waals surface area contributed by atoms with Gasteiger partial charge in [0.15, 0.2) is 11.5 Å². The van der Waals surface area contributed by atoms with E-state index in [9.17, 15) is 13.2 Å². The van der Waals surface area contributed by atoms with Crippen LogP contribution in [0, 0.1) is 0 Å². The fourth-order valence-electron chi connectivity index (χ4n) is 3.32. The summed E-state index contributed by atoms with van der Waals surface area (Å²) in [5, 5.41) is 4.64. The van der Waals surface area contributed by atoms with E-state index < -0.39 is 10.0 Å². The number of carbonyl (C=O) groups is 1. The number of sulfonamides is 1. The van der Waals surface area contributed by atoms with Gasteiger partial charge in [0.25, 0.3) is 10.0 Å². The second kappa shape index (κ2) is 9.60. The van der Waals surface area contributed by atoms with Crippen LogP contribution in [0.1, 0.15) is 26.2 Å². The van der Waals surface area contributed by atoms with E-state index in [2.05, 4.69) is 5.32 Å². The Morgan fingerprint density at radius 1 is 1.21 bits per heavy atom. The van der Waals surface area contributed by atoms with Gasteiger partial charge >= 0.3 is 0 Å². The van der Waals surface area contributed by atoms with Gasteiger partial charge in [-0.2, -0.15) is 4.31 Å². The van der Waals surface area contributed by atoms with E-state index in [1.165, 1.54) is 13.1 Å². The molecule has 1 aliphatic carbocycles. The molecular formula is C20H26N2O5S2. The molecule has 1 heterocycles. The first-order valence-electron chi connectivity index (χ1n) is 9.59. The zero-order valence-corrected chi connectivity index (χ0v) is 18.2. The van der Waals surface area contributed by atoms with Crippen molar-refractivity contribution < 1.29 is 22.7 Å². The van der Waals surface area contributed by atoms with Crippen LogP contribution in [0.5, 0.6) is 11.5 Å². The second-order valence-corrected chi connectivity index (χ2v) is 10.1. The average molecular weight is 439 g/mol. The van der Waals surface area contributed by atoms with Gasteiger partial charge in [-0.1, -0.05) is 18.2 Å². The summed E-state index contributed by atoms with van der Waals surface area (Å²) in [5.41, 5.74) is 0. The van der Waals surface area contributed by atoms with Crippen molar-refractivity contribution in [3.63, 3.8) is 0 Å². The van der Waals surface area contributed by atoms with Gasteiger partial charge < -0.3 is 14.8 Å². The Kier molecular flexibility index (Phi) is 7.15. The van der Waals surface area contributed by atoms with E-state index in [0.29, 0.717) is 18.1 Å². The van der Waals surface area contributed by atoms with Gasteiger partial charge in [0.1, 0.15) is 10.3 Å². The minimum Gasteiger partial charge on any atom is -0.490 e. The maximum atomic E-state index is 12.5. The average Bonchev–Trinajstić information content (AvgIpc) is 3.36. The molecule has 1 fully saturated rings. The molecule has 0 radical (unpaired) electrons. The van der Waals surface area contributed by atoms with Gasteiger partial charge in [-0.3, -0.25) is 4.79 Å². The topological polar surface area (TPSA) is 84.9 Å². The zero-order valence-electron chi connectivity index (χ0n) is 16.5. The lowest BCUT2D eigenvalue weighted by atomic mass is 10.2. The van der Waals surface area contributed by atoms with E-state index in [1.807, 2.05) is 31.2 Å². The Bertz CT molecular complexity index is 915. The molecule has 9 heteroatoms. The fourth-order valence-corrected chi connectivity index (χ4v) is 5.65. The molecule has 2 aromatic rings. The van der Waals surface area contributed by atoms with Crippen molar-refractivity contribution in [2.45, 2.75) is 42.5 Å². The summed E-state index contributed by atoms with van der Waals surface area (Å²) in [6.45, 7) is 2.21. The predicted molar refractivity (Wildman–Crippen MR) is 112 cm³/mol. The van der Waals surface area contributed by atoms with Gasteiger partial charge in [-0.05, 0) is 49.8 Å². The molecule has 1 aliphatic rings. The van der Waals surface area contributed by atoms with Gasteiger partial charge in [0, 0.05) is 7.05 Å². The minimum absolute atomic E-state index is 0.171. The summed E-state index contributed by atoms with van der Waals surface area (Å²) >= 11 is 1.13.